The molecule has 0 radical (unpaired) electrons. The number of nitrogens with zero attached hydrogens (tertiary/aromatic N) is 2. The van der Waals surface area contributed by atoms with Crippen LogP contribution in [0.4, 0.5) is 0 Å². The smallest absolute Gasteiger partial charge is 0.0699 e. The van der Waals surface area contributed by atoms with Crippen LogP contribution in [0.5, 0.6) is 0 Å². The Morgan fingerprint density at radius 1 is 1.60 bits per heavy atom. The number of aromatic nitrogens is 2. The highest BCUT2D eigenvalue weighted by molar-refractivity contribution is 9.10. The maximum atomic E-state index is 6.28. The molecule has 1 heterocycles. The number of hydrogen-bond donors (Lipinski definition) is 1. The monoisotopic (exact) mass is 271 g/mol. The van der Waals surface area contributed by atoms with Crippen LogP contribution in [0.25, 0.3) is 0 Å². The molecule has 4 heteroatoms. The Hall–Kier alpha value is -0.350. The van der Waals surface area contributed by atoms with E-state index in [4.69, 9.17) is 5.73 Å². The Labute approximate surface area is 99.2 Å². The quantitative estimate of drug-likeness (QED) is 0.919. The third-order valence-electron chi connectivity index (χ3n) is 3.22. The molecular formula is C11H18BrN3. The van der Waals surface area contributed by atoms with E-state index < -0.39 is 0 Å². The first kappa shape index (κ1) is 11.1. The van der Waals surface area contributed by atoms with Crippen LogP contribution in [0.2, 0.25) is 0 Å². The summed E-state index contributed by atoms with van der Waals surface area (Å²) in [6.45, 7) is 6.52. The molecule has 0 amide bonds. The average Bonchev–Trinajstić information content (AvgIpc) is 2.74. The fraction of sp³-hybridized carbons (Fsp3) is 0.727. The molecule has 0 aromatic carbocycles. The Morgan fingerprint density at radius 2 is 2.20 bits per heavy atom. The Bertz CT molecular complexity index is 359. The van der Waals surface area contributed by atoms with E-state index in [1.165, 1.54) is 6.42 Å². The number of halogens is 1. The summed E-state index contributed by atoms with van der Waals surface area (Å²) in [6.07, 6.45) is 3.10. The molecular weight excluding hydrogens is 254 g/mol. The van der Waals surface area contributed by atoms with Crippen LogP contribution in [0.15, 0.2) is 10.7 Å². The number of rotatable bonds is 3. The summed E-state index contributed by atoms with van der Waals surface area (Å²) in [4.78, 5) is 0. The van der Waals surface area contributed by atoms with E-state index in [1.807, 2.05) is 10.9 Å². The SMILES string of the molecule is CC1CC1C(N)c1c(Br)cnn1C(C)C. The average molecular weight is 272 g/mol. The van der Waals surface area contributed by atoms with E-state index in [0.29, 0.717) is 12.0 Å². The maximum absolute atomic E-state index is 6.28. The molecule has 0 aliphatic heterocycles. The van der Waals surface area contributed by atoms with E-state index in [9.17, 15) is 0 Å². The van der Waals surface area contributed by atoms with Crippen molar-refractivity contribution in [2.24, 2.45) is 17.6 Å². The van der Waals surface area contributed by atoms with Gasteiger partial charge in [-0.15, -0.1) is 0 Å². The van der Waals surface area contributed by atoms with Crippen molar-refractivity contribution < 1.29 is 0 Å². The van der Waals surface area contributed by atoms with Gasteiger partial charge >= 0.3 is 0 Å². The van der Waals surface area contributed by atoms with E-state index >= 15 is 0 Å². The van der Waals surface area contributed by atoms with Crippen LogP contribution in [0.3, 0.4) is 0 Å². The van der Waals surface area contributed by atoms with Crippen LogP contribution in [-0.2, 0) is 0 Å². The molecule has 1 aromatic heterocycles. The maximum Gasteiger partial charge on any atom is 0.0699 e. The topological polar surface area (TPSA) is 43.8 Å². The summed E-state index contributed by atoms with van der Waals surface area (Å²) in [6, 6.07) is 0.491. The van der Waals surface area contributed by atoms with E-state index in [-0.39, 0.29) is 6.04 Å². The summed E-state index contributed by atoms with van der Waals surface area (Å²) in [7, 11) is 0. The van der Waals surface area contributed by atoms with Crippen molar-refractivity contribution in [1.29, 1.82) is 0 Å². The van der Waals surface area contributed by atoms with Gasteiger partial charge in [0.1, 0.15) is 0 Å². The lowest BCUT2D eigenvalue weighted by Gasteiger charge is -2.17. The van der Waals surface area contributed by atoms with Gasteiger partial charge in [0.05, 0.1) is 22.4 Å². The zero-order valence-corrected chi connectivity index (χ0v) is 11.0. The molecule has 15 heavy (non-hydrogen) atoms. The molecule has 3 nitrogen and oxygen atoms in total. The molecule has 2 N–H and O–H groups in total. The van der Waals surface area contributed by atoms with Crippen LogP contribution < -0.4 is 5.73 Å². The minimum Gasteiger partial charge on any atom is -0.322 e. The van der Waals surface area contributed by atoms with E-state index in [1.54, 1.807) is 0 Å². The summed E-state index contributed by atoms with van der Waals surface area (Å²) < 4.78 is 3.07. The van der Waals surface area contributed by atoms with Gasteiger partial charge in [-0.1, -0.05) is 6.92 Å². The van der Waals surface area contributed by atoms with Crippen molar-refractivity contribution in [2.45, 2.75) is 39.3 Å². The van der Waals surface area contributed by atoms with Gasteiger partial charge in [-0.25, -0.2) is 0 Å². The molecule has 0 spiro atoms. The van der Waals surface area contributed by atoms with Crippen molar-refractivity contribution >= 4 is 15.9 Å². The molecule has 84 valence electrons. The number of hydrogen-bond acceptors (Lipinski definition) is 2. The molecule has 0 saturated heterocycles. The first-order valence-electron chi connectivity index (χ1n) is 5.50. The van der Waals surface area contributed by atoms with Crippen LogP contribution >= 0.6 is 15.9 Å². The molecule has 1 aromatic rings. The van der Waals surface area contributed by atoms with Gasteiger partial charge in [-0.05, 0) is 48.0 Å². The minimum absolute atomic E-state index is 0.124. The zero-order chi connectivity index (χ0) is 11.2. The second-order valence-electron chi connectivity index (χ2n) is 4.82. The Balaban J connectivity index is 2.29. The molecule has 0 bridgehead atoms. The first-order valence-corrected chi connectivity index (χ1v) is 6.30. The molecule has 1 aliphatic carbocycles. The number of nitrogens with two attached hydrogens (primary N) is 1. The summed E-state index contributed by atoms with van der Waals surface area (Å²) in [5.41, 5.74) is 7.44. The van der Waals surface area contributed by atoms with Crippen molar-refractivity contribution in [2.75, 3.05) is 0 Å². The second-order valence-corrected chi connectivity index (χ2v) is 5.67. The van der Waals surface area contributed by atoms with Crippen LogP contribution in [0, 0.1) is 11.8 Å². The fourth-order valence-electron chi connectivity index (χ4n) is 2.13. The second kappa shape index (κ2) is 3.91. The van der Waals surface area contributed by atoms with Gasteiger partial charge in [0, 0.05) is 6.04 Å². The van der Waals surface area contributed by atoms with Crippen LogP contribution in [-0.4, -0.2) is 9.78 Å². The van der Waals surface area contributed by atoms with E-state index in [2.05, 4.69) is 41.8 Å². The normalized spacial score (nSPS) is 27.1. The van der Waals surface area contributed by atoms with Crippen molar-refractivity contribution in [3.8, 4) is 0 Å². The van der Waals surface area contributed by atoms with Crippen LogP contribution in [0.1, 0.15) is 45.0 Å². The molecule has 1 aliphatic rings. The lowest BCUT2D eigenvalue weighted by atomic mass is 10.1. The predicted octanol–water partition coefficient (Wildman–Crippen LogP) is 2.88. The Kier molecular flexibility index (Phi) is 2.90. The zero-order valence-electron chi connectivity index (χ0n) is 9.44. The van der Waals surface area contributed by atoms with Crippen molar-refractivity contribution in [3.63, 3.8) is 0 Å². The molecule has 3 atom stereocenters. The standard InChI is InChI=1S/C11H18BrN3/c1-6(2)15-11(9(12)5-14-15)10(13)8-4-7(8)3/h5-8,10H,4,13H2,1-3H3. The van der Waals surface area contributed by atoms with Gasteiger partial charge in [0.2, 0.25) is 0 Å². The van der Waals surface area contributed by atoms with Gasteiger partial charge in [-0.2, -0.15) is 5.10 Å². The lowest BCUT2D eigenvalue weighted by molar-refractivity contribution is 0.461. The highest BCUT2D eigenvalue weighted by Gasteiger charge is 2.40. The van der Waals surface area contributed by atoms with Crippen molar-refractivity contribution in [1.82, 2.24) is 9.78 Å². The summed E-state index contributed by atoms with van der Waals surface area (Å²) in [5, 5.41) is 4.36. The predicted molar refractivity (Wildman–Crippen MR) is 64.5 cm³/mol. The summed E-state index contributed by atoms with van der Waals surface area (Å²) >= 11 is 3.54. The molecule has 1 saturated carbocycles. The third kappa shape index (κ3) is 1.97. The van der Waals surface area contributed by atoms with Gasteiger partial charge < -0.3 is 5.73 Å². The largest absolute Gasteiger partial charge is 0.322 e. The lowest BCUT2D eigenvalue weighted by Crippen LogP contribution is -2.20. The minimum atomic E-state index is 0.124. The highest BCUT2D eigenvalue weighted by atomic mass is 79.9. The van der Waals surface area contributed by atoms with Gasteiger partial charge in [0.25, 0.3) is 0 Å². The van der Waals surface area contributed by atoms with Gasteiger partial charge in [-0.3, -0.25) is 4.68 Å². The molecule has 3 unspecified atom stereocenters. The van der Waals surface area contributed by atoms with Gasteiger partial charge in [0.15, 0.2) is 0 Å². The highest BCUT2D eigenvalue weighted by Crippen LogP contribution is 2.47. The van der Waals surface area contributed by atoms with E-state index in [0.717, 1.165) is 16.1 Å². The molecule has 1 fully saturated rings. The third-order valence-corrected chi connectivity index (χ3v) is 3.84. The fourth-order valence-corrected chi connectivity index (χ4v) is 2.67. The first-order chi connectivity index (χ1) is 7.02. The Morgan fingerprint density at radius 3 is 2.67 bits per heavy atom. The summed E-state index contributed by atoms with van der Waals surface area (Å²) in [5.74, 6) is 1.40. The molecule has 2 rings (SSSR count). The van der Waals surface area contributed by atoms with Crippen molar-refractivity contribution in [3.05, 3.63) is 16.4 Å².